The van der Waals surface area contributed by atoms with Crippen molar-refractivity contribution < 1.29 is 13.7 Å². The molecule has 0 aliphatic carbocycles. The fourth-order valence-corrected chi connectivity index (χ4v) is 3.42. The number of nitriles is 1. The third-order valence-electron chi connectivity index (χ3n) is 4.66. The zero-order valence-electron chi connectivity index (χ0n) is 14.3. The predicted molar refractivity (Wildman–Crippen MR) is 90.7 cm³/mol. The van der Waals surface area contributed by atoms with Crippen molar-refractivity contribution in [1.82, 2.24) is 0 Å². The van der Waals surface area contributed by atoms with Gasteiger partial charge in [-0.3, -0.25) is 0 Å². The number of aryl methyl sites for hydroxylation is 2. The number of aromatic nitrogens is 1. The number of fused-ring (bicyclic) bond motifs is 2. The Bertz CT molecular complexity index is 1020. The van der Waals surface area contributed by atoms with Crippen LogP contribution in [0, 0.1) is 23.7 Å². The molecule has 0 unspecified atom stereocenters. The highest BCUT2D eigenvalue weighted by atomic mass is 16.5. The van der Waals surface area contributed by atoms with Crippen LogP contribution in [-0.2, 0) is 13.5 Å². The average molecular weight is 319 g/mol. The molecule has 3 aromatic rings. The SMILES string of the molecule is Cc1ccc2occ3c2c1-c1c(c(CC(C)(C)C#N)cc[n+]1C)O3. The van der Waals surface area contributed by atoms with Gasteiger partial charge in [-0.2, -0.15) is 9.83 Å². The van der Waals surface area contributed by atoms with E-state index in [9.17, 15) is 5.26 Å². The molecule has 0 saturated heterocycles. The first-order chi connectivity index (χ1) is 11.4. The van der Waals surface area contributed by atoms with Crippen LogP contribution >= 0.6 is 0 Å². The lowest BCUT2D eigenvalue weighted by molar-refractivity contribution is -0.660. The summed E-state index contributed by atoms with van der Waals surface area (Å²) >= 11 is 0. The highest BCUT2D eigenvalue weighted by molar-refractivity contribution is 6.01. The van der Waals surface area contributed by atoms with Gasteiger partial charge in [0.2, 0.25) is 5.75 Å². The summed E-state index contributed by atoms with van der Waals surface area (Å²) < 4.78 is 14.0. The second kappa shape index (κ2) is 4.85. The Morgan fingerprint density at radius 1 is 1.25 bits per heavy atom. The monoisotopic (exact) mass is 319 g/mol. The van der Waals surface area contributed by atoms with Gasteiger partial charge >= 0.3 is 0 Å². The predicted octanol–water partition coefficient (Wildman–Crippen LogP) is 4.43. The molecule has 2 aromatic heterocycles. The molecule has 1 aliphatic rings. The van der Waals surface area contributed by atoms with Gasteiger partial charge in [-0.25, -0.2) is 0 Å². The van der Waals surface area contributed by atoms with Crippen LogP contribution in [0.2, 0.25) is 0 Å². The van der Waals surface area contributed by atoms with Gasteiger partial charge in [-0.1, -0.05) is 6.07 Å². The smallest absolute Gasteiger partial charge is 0.256 e. The molecule has 0 saturated carbocycles. The minimum absolute atomic E-state index is 0.450. The van der Waals surface area contributed by atoms with Crippen LogP contribution in [-0.4, -0.2) is 0 Å². The largest absolute Gasteiger partial charge is 0.460 e. The molecule has 0 amide bonds. The van der Waals surface area contributed by atoms with Crippen molar-refractivity contribution >= 4 is 11.0 Å². The number of hydrogen-bond acceptors (Lipinski definition) is 3. The lowest BCUT2D eigenvalue weighted by Crippen LogP contribution is -2.32. The van der Waals surface area contributed by atoms with Crippen molar-refractivity contribution in [2.45, 2.75) is 27.2 Å². The fraction of sp³-hybridized carbons (Fsp3) is 0.300. The molecular formula is C20H19N2O2+. The van der Waals surface area contributed by atoms with Gasteiger partial charge < -0.3 is 9.15 Å². The summed E-state index contributed by atoms with van der Waals surface area (Å²) in [6.07, 6.45) is 4.34. The van der Waals surface area contributed by atoms with Crippen LogP contribution in [0.15, 0.2) is 35.1 Å². The quantitative estimate of drug-likeness (QED) is 0.514. The summed E-state index contributed by atoms with van der Waals surface area (Å²) in [5.74, 6) is 1.58. The molecule has 0 fully saturated rings. The summed E-state index contributed by atoms with van der Waals surface area (Å²) in [6.45, 7) is 6.00. The van der Waals surface area contributed by atoms with Crippen LogP contribution in [0.25, 0.3) is 22.2 Å². The molecule has 4 heteroatoms. The van der Waals surface area contributed by atoms with E-state index >= 15 is 0 Å². The van der Waals surface area contributed by atoms with Crippen molar-refractivity contribution in [3.63, 3.8) is 0 Å². The average Bonchev–Trinajstić information content (AvgIpc) is 2.96. The number of benzene rings is 1. The normalized spacial score (nSPS) is 12.6. The summed E-state index contributed by atoms with van der Waals surface area (Å²) in [4.78, 5) is 0. The summed E-state index contributed by atoms with van der Waals surface area (Å²) in [7, 11) is 2.02. The third kappa shape index (κ3) is 2.01. The molecule has 1 aromatic carbocycles. The van der Waals surface area contributed by atoms with Gasteiger partial charge in [-0.15, -0.1) is 0 Å². The van der Waals surface area contributed by atoms with Gasteiger partial charge in [0.05, 0.1) is 22.4 Å². The van der Waals surface area contributed by atoms with E-state index in [2.05, 4.69) is 23.6 Å². The number of pyridine rings is 1. The molecule has 0 atom stereocenters. The summed E-state index contributed by atoms with van der Waals surface area (Å²) in [6, 6.07) is 8.47. The Balaban J connectivity index is 2.02. The standard InChI is InChI=1S/C20H19N2O2/c1-12-5-6-14-17-15(10-23-14)24-19-13(9-20(2,3)11-21)7-8-22(4)18(19)16(12)17/h5-8,10H,9H2,1-4H3/q+1. The molecule has 120 valence electrons. The first-order valence-electron chi connectivity index (χ1n) is 8.03. The fourth-order valence-electron chi connectivity index (χ4n) is 3.42. The maximum Gasteiger partial charge on any atom is 0.256 e. The zero-order chi connectivity index (χ0) is 17.1. The molecule has 4 rings (SSSR count). The maximum atomic E-state index is 9.40. The number of furan rings is 1. The Morgan fingerprint density at radius 2 is 2.04 bits per heavy atom. The lowest BCUT2D eigenvalue weighted by Gasteiger charge is -2.21. The minimum atomic E-state index is -0.450. The molecule has 0 N–H and O–H groups in total. The van der Waals surface area contributed by atoms with E-state index in [1.807, 2.05) is 39.2 Å². The third-order valence-corrected chi connectivity index (χ3v) is 4.66. The highest BCUT2D eigenvalue weighted by Crippen LogP contribution is 2.49. The number of rotatable bonds is 2. The second-order valence-corrected chi connectivity index (χ2v) is 7.13. The molecule has 3 heterocycles. The van der Waals surface area contributed by atoms with Crippen molar-refractivity contribution in [1.29, 1.82) is 5.26 Å². The molecule has 0 bridgehead atoms. The van der Waals surface area contributed by atoms with Crippen LogP contribution in [0.5, 0.6) is 11.5 Å². The zero-order valence-corrected chi connectivity index (χ0v) is 14.3. The Labute approximate surface area is 140 Å². The Kier molecular flexibility index (Phi) is 2.98. The van der Waals surface area contributed by atoms with Gasteiger partial charge in [0, 0.05) is 11.6 Å². The van der Waals surface area contributed by atoms with Crippen molar-refractivity contribution in [3.8, 4) is 28.8 Å². The Morgan fingerprint density at radius 3 is 2.79 bits per heavy atom. The highest BCUT2D eigenvalue weighted by Gasteiger charge is 2.34. The topological polar surface area (TPSA) is 50.0 Å². The van der Waals surface area contributed by atoms with Crippen LogP contribution in [0.3, 0.4) is 0 Å². The van der Waals surface area contributed by atoms with Crippen LogP contribution in [0.4, 0.5) is 0 Å². The summed E-state index contributed by atoms with van der Waals surface area (Å²) in [5.41, 5.74) is 4.79. The first kappa shape index (κ1) is 14.8. The lowest BCUT2D eigenvalue weighted by atomic mass is 9.86. The van der Waals surface area contributed by atoms with Crippen molar-refractivity contribution in [2.24, 2.45) is 12.5 Å². The van der Waals surface area contributed by atoms with Gasteiger partial charge in [0.1, 0.15) is 18.9 Å². The van der Waals surface area contributed by atoms with E-state index in [0.29, 0.717) is 6.42 Å². The molecule has 0 spiro atoms. The Hall–Kier alpha value is -2.80. The van der Waals surface area contributed by atoms with E-state index in [1.165, 1.54) is 5.56 Å². The van der Waals surface area contributed by atoms with Crippen molar-refractivity contribution in [3.05, 3.63) is 41.8 Å². The summed E-state index contributed by atoms with van der Waals surface area (Å²) in [5, 5.41) is 10.4. The first-order valence-corrected chi connectivity index (χ1v) is 8.03. The van der Waals surface area contributed by atoms with Crippen LogP contribution in [0.1, 0.15) is 25.0 Å². The number of nitrogens with zero attached hydrogens (tertiary/aromatic N) is 2. The molecule has 24 heavy (non-hydrogen) atoms. The van der Waals surface area contributed by atoms with Crippen molar-refractivity contribution in [2.75, 3.05) is 0 Å². The maximum absolute atomic E-state index is 9.40. The molecule has 4 nitrogen and oxygen atoms in total. The van der Waals surface area contributed by atoms with Gasteiger partial charge in [0.15, 0.2) is 11.9 Å². The molecular weight excluding hydrogens is 300 g/mol. The molecule has 1 aliphatic heterocycles. The van der Waals surface area contributed by atoms with E-state index in [4.69, 9.17) is 9.15 Å². The van der Waals surface area contributed by atoms with Gasteiger partial charge in [0.25, 0.3) is 5.69 Å². The van der Waals surface area contributed by atoms with E-state index in [0.717, 1.165) is 39.3 Å². The second-order valence-electron chi connectivity index (χ2n) is 7.13. The number of hydrogen-bond donors (Lipinski definition) is 0. The minimum Gasteiger partial charge on any atom is -0.460 e. The van der Waals surface area contributed by atoms with E-state index < -0.39 is 5.41 Å². The molecule has 0 radical (unpaired) electrons. The number of ether oxygens (including phenoxy) is 1. The van der Waals surface area contributed by atoms with Gasteiger partial charge in [-0.05, 0) is 38.8 Å². The van der Waals surface area contributed by atoms with Crippen LogP contribution < -0.4 is 9.30 Å². The van der Waals surface area contributed by atoms with E-state index in [-0.39, 0.29) is 0 Å². The van der Waals surface area contributed by atoms with E-state index in [1.54, 1.807) is 6.26 Å².